The van der Waals surface area contributed by atoms with Crippen LogP contribution in [0.2, 0.25) is 5.02 Å². The molecule has 0 bridgehead atoms. The van der Waals surface area contributed by atoms with E-state index in [0.29, 0.717) is 29.5 Å². The molecule has 51 heavy (non-hydrogen) atoms. The summed E-state index contributed by atoms with van der Waals surface area (Å²) < 4.78 is 11.9. The van der Waals surface area contributed by atoms with Crippen molar-refractivity contribution < 1.29 is 14.3 Å². The van der Waals surface area contributed by atoms with Gasteiger partial charge in [-0.2, -0.15) is 0 Å². The van der Waals surface area contributed by atoms with Crippen molar-refractivity contribution in [2.45, 2.75) is 26.2 Å². The van der Waals surface area contributed by atoms with Gasteiger partial charge in [0.05, 0.1) is 17.3 Å². The highest BCUT2D eigenvalue weighted by Gasteiger charge is 2.38. The van der Waals surface area contributed by atoms with Crippen LogP contribution in [0.5, 0.6) is 11.5 Å². The van der Waals surface area contributed by atoms with Crippen molar-refractivity contribution in [1.82, 2.24) is 4.90 Å². The number of halogens is 1. The molecule has 7 heteroatoms. The van der Waals surface area contributed by atoms with Gasteiger partial charge in [-0.15, -0.1) is 0 Å². The van der Waals surface area contributed by atoms with E-state index in [-0.39, 0.29) is 11.8 Å². The molecule has 1 unspecified atom stereocenters. The highest BCUT2D eigenvalue weighted by Crippen LogP contribution is 2.44. The van der Waals surface area contributed by atoms with Crippen LogP contribution in [0.25, 0.3) is 12.2 Å². The molecule has 0 spiro atoms. The molecule has 0 radical (unpaired) electrons. The minimum Gasteiger partial charge on any atom is -0.489 e. The zero-order valence-corrected chi connectivity index (χ0v) is 29.6. The number of benzene rings is 5. The quantitative estimate of drug-likeness (QED) is 0.121. The minimum atomic E-state index is -0.389. The number of ketones is 1. The summed E-state index contributed by atoms with van der Waals surface area (Å²) >= 11 is 7.86. The third kappa shape index (κ3) is 8.43. The van der Waals surface area contributed by atoms with Crippen molar-refractivity contribution in [3.8, 4) is 11.5 Å². The molecule has 2 aliphatic rings. The molecular formula is C44H35ClN2O3S. The van der Waals surface area contributed by atoms with Gasteiger partial charge in [-0.25, -0.2) is 4.99 Å². The van der Waals surface area contributed by atoms with Gasteiger partial charge in [-0.3, -0.25) is 4.79 Å². The number of hydrogen-bond donors (Lipinski definition) is 0. The molecular weight excluding hydrogens is 672 g/mol. The number of allylic oxidation sites excluding steroid dienone is 3. The number of aliphatic imine (C=N–C) groups is 1. The van der Waals surface area contributed by atoms with E-state index in [4.69, 9.17) is 26.1 Å². The smallest absolute Gasteiger partial charge is 0.186 e. The fourth-order valence-electron chi connectivity index (χ4n) is 5.85. The fourth-order valence-corrected chi connectivity index (χ4v) is 6.88. The van der Waals surface area contributed by atoms with E-state index in [1.807, 2.05) is 159 Å². The molecule has 0 amide bonds. The standard InChI is InChI=1S/C44H35ClN2O3S/c1-31-30-51-44-46-40(26-16-32-12-22-38(23-13-32)49-28-34-8-4-2-5-9-34)42(43(47(31)44)36-18-20-37(45)21-19-36)41(48)27-17-33-14-24-39(25-15-33)50-29-35-10-6-3-7-11-35/h2-27,30,43H,28-29H2,1H3/b26-16+,27-17+. The van der Waals surface area contributed by atoms with Crippen molar-refractivity contribution in [2.24, 2.45) is 4.99 Å². The lowest BCUT2D eigenvalue weighted by Crippen LogP contribution is -2.35. The van der Waals surface area contributed by atoms with E-state index in [1.165, 1.54) is 0 Å². The summed E-state index contributed by atoms with van der Waals surface area (Å²) in [6, 6.07) is 43.1. The van der Waals surface area contributed by atoms with Crippen molar-refractivity contribution >= 4 is 46.5 Å². The normalized spacial score (nSPS) is 15.6. The molecule has 0 fully saturated rings. The molecule has 0 N–H and O–H groups in total. The summed E-state index contributed by atoms with van der Waals surface area (Å²) in [4.78, 5) is 21.5. The van der Waals surface area contributed by atoms with Crippen LogP contribution in [0.1, 0.15) is 40.8 Å². The van der Waals surface area contributed by atoms with Crippen molar-refractivity contribution in [3.05, 3.63) is 201 Å². The van der Waals surface area contributed by atoms with Crippen molar-refractivity contribution in [1.29, 1.82) is 0 Å². The summed E-state index contributed by atoms with van der Waals surface area (Å²) in [5.74, 6) is 1.42. The molecule has 0 aliphatic carbocycles. The highest BCUT2D eigenvalue weighted by molar-refractivity contribution is 8.16. The minimum absolute atomic E-state index is 0.129. The summed E-state index contributed by atoms with van der Waals surface area (Å²) in [5.41, 5.74) is 7.22. The number of rotatable bonds is 12. The molecule has 5 aromatic rings. The second-order valence-corrected chi connectivity index (χ2v) is 13.4. The monoisotopic (exact) mass is 706 g/mol. The van der Waals surface area contributed by atoms with Gasteiger partial charge in [-0.05, 0) is 88.7 Å². The predicted molar refractivity (Wildman–Crippen MR) is 209 cm³/mol. The first kappa shape index (κ1) is 33.9. The third-order valence-electron chi connectivity index (χ3n) is 8.51. The summed E-state index contributed by atoms with van der Waals surface area (Å²) in [5, 5.41) is 3.53. The number of hydrogen-bond acceptors (Lipinski definition) is 6. The average Bonchev–Trinajstić information content (AvgIpc) is 3.55. The second kappa shape index (κ2) is 16.0. The maximum atomic E-state index is 14.3. The number of nitrogens with zero attached hydrogens (tertiary/aromatic N) is 2. The van der Waals surface area contributed by atoms with E-state index in [9.17, 15) is 4.79 Å². The zero-order valence-electron chi connectivity index (χ0n) is 28.0. The lowest BCUT2D eigenvalue weighted by Gasteiger charge is -2.35. The SMILES string of the molecule is CC1=CSC2=NC(/C=C/c3ccc(OCc4ccccc4)cc3)=C(C(=O)/C=C/c3ccc(OCc4ccccc4)cc3)C(c3ccc(Cl)cc3)N12. The molecule has 2 heterocycles. The van der Waals surface area contributed by atoms with E-state index in [0.717, 1.165) is 50.2 Å². The van der Waals surface area contributed by atoms with Gasteiger partial charge in [0.15, 0.2) is 11.0 Å². The van der Waals surface area contributed by atoms with Crippen molar-refractivity contribution in [3.63, 3.8) is 0 Å². The lowest BCUT2D eigenvalue weighted by molar-refractivity contribution is -0.111. The van der Waals surface area contributed by atoms with Gasteiger partial charge in [-0.1, -0.05) is 133 Å². The lowest BCUT2D eigenvalue weighted by atomic mass is 9.90. The topological polar surface area (TPSA) is 51.1 Å². The Bertz CT molecular complexity index is 2140. The number of ether oxygens (including phenoxy) is 2. The highest BCUT2D eigenvalue weighted by atomic mass is 35.5. The number of fused-ring (bicyclic) bond motifs is 1. The van der Waals surface area contributed by atoms with Crippen molar-refractivity contribution in [2.75, 3.05) is 0 Å². The van der Waals surface area contributed by atoms with Crippen LogP contribution < -0.4 is 9.47 Å². The van der Waals surface area contributed by atoms with Crippen LogP contribution in [-0.4, -0.2) is 15.9 Å². The van der Waals surface area contributed by atoms with Gasteiger partial charge in [0.2, 0.25) is 0 Å². The van der Waals surface area contributed by atoms with E-state index in [1.54, 1.807) is 17.8 Å². The Labute approximate surface area is 307 Å². The van der Waals surface area contributed by atoms with Gasteiger partial charge in [0.1, 0.15) is 24.7 Å². The molecule has 1 atom stereocenters. The van der Waals surface area contributed by atoms with Crippen LogP contribution in [0.4, 0.5) is 0 Å². The Morgan fingerprint density at radius 3 is 1.84 bits per heavy atom. The van der Waals surface area contributed by atoms with Gasteiger partial charge < -0.3 is 14.4 Å². The van der Waals surface area contributed by atoms with E-state index >= 15 is 0 Å². The Morgan fingerprint density at radius 1 is 0.725 bits per heavy atom. The molecule has 5 aromatic carbocycles. The van der Waals surface area contributed by atoms with Gasteiger partial charge in [0, 0.05) is 10.7 Å². The molecule has 0 saturated heterocycles. The fraction of sp³-hybridized carbons (Fsp3) is 0.0909. The average molecular weight is 707 g/mol. The first-order chi connectivity index (χ1) is 25.0. The summed E-state index contributed by atoms with van der Waals surface area (Å²) in [6.07, 6.45) is 7.39. The number of carbonyl (C=O) groups excluding carboxylic acids is 1. The Kier molecular flexibility index (Phi) is 10.6. The Hall–Kier alpha value is -5.56. The first-order valence-corrected chi connectivity index (χ1v) is 17.9. The van der Waals surface area contributed by atoms with Crippen LogP contribution in [0, 0.1) is 0 Å². The molecule has 2 aliphatic heterocycles. The molecule has 252 valence electrons. The van der Waals surface area contributed by atoms with Crippen LogP contribution >= 0.6 is 23.4 Å². The second-order valence-electron chi connectivity index (χ2n) is 12.1. The molecule has 0 saturated carbocycles. The first-order valence-electron chi connectivity index (χ1n) is 16.7. The van der Waals surface area contributed by atoms with Crippen LogP contribution in [0.3, 0.4) is 0 Å². The largest absolute Gasteiger partial charge is 0.489 e. The molecule has 7 rings (SSSR count). The van der Waals surface area contributed by atoms with E-state index in [2.05, 4.69) is 10.3 Å². The number of carbonyl (C=O) groups is 1. The Morgan fingerprint density at radius 2 is 1.27 bits per heavy atom. The summed E-state index contributed by atoms with van der Waals surface area (Å²) in [7, 11) is 0. The Balaban J connectivity index is 1.16. The maximum Gasteiger partial charge on any atom is 0.186 e. The maximum absolute atomic E-state index is 14.3. The summed E-state index contributed by atoms with van der Waals surface area (Å²) in [6.45, 7) is 3.03. The number of amidine groups is 1. The number of thioether (sulfide) groups is 1. The van der Waals surface area contributed by atoms with Crippen LogP contribution in [-0.2, 0) is 18.0 Å². The van der Waals surface area contributed by atoms with E-state index < -0.39 is 0 Å². The molecule has 0 aromatic heterocycles. The van der Waals surface area contributed by atoms with Gasteiger partial charge in [0.25, 0.3) is 0 Å². The molecule has 5 nitrogen and oxygen atoms in total. The predicted octanol–water partition coefficient (Wildman–Crippen LogP) is 11.1. The van der Waals surface area contributed by atoms with Gasteiger partial charge >= 0.3 is 0 Å². The zero-order chi connectivity index (χ0) is 35.0. The third-order valence-corrected chi connectivity index (χ3v) is 9.72. The van der Waals surface area contributed by atoms with Crippen LogP contribution in [0.15, 0.2) is 173 Å².